The number of ether oxygens (including phenoxy) is 2. The number of anilines is 2. The summed E-state index contributed by atoms with van der Waals surface area (Å²) in [7, 11) is -0.500. The molecule has 21 nitrogen and oxygen atoms in total. The highest BCUT2D eigenvalue weighted by molar-refractivity contribution is 6.90. The molecule has 101 heavy (non-hydrogen) atoms. The number of fused-ring (bicyclic) bond motifs is 4. The van der Waals surface area contributed by atoms with E-state index in [9.17, 15) is 24.6 Å². The highest BCUT2D eigenvalue weighted by atomic mass is 28.3. The standard InChI is InChI=1S/C76H98F3N13O8Si/c1-45(2)65(72(96)91-43-56(94)38-62(91)71(95)82-49(9)50-14-16-51(17-15-50)61-22-26-81-86(61)13)63-39-64(85-100-63)89-31-29-88(30-32-89)44-76(79)24-27-87(28-25-76)33-34-98-73-83-69-59(70(84-73)90-41-53-19-20-54(42-90)92(53)74(97)99-75(10,11)12)40-80-68(67(69)78)58-37-55(93)36-52-18-21-60(77)57(66(52)58)23-35-101(46(3)4,47(5)6)48(7)8/h14-18,21-22,26,36-37,39-40,45-49,53-54,56,62,65,93-94H,19-20,24-25,27-34,38,41-44H2,1-13H3,(H,82,95)/t49-,53?,54?,56+,62-,65-/m0/s1. The fourth-order valence-corrected chi connectivity index (χ4v) is 21.7. The maximum Gasteiger partial charge on any atom is 0.410 e. The van der Waals surface area contributed by atoms with Gasteiger partial charge in [-0.25, -0.2) is 18.0 Å². The molecule has 12 rings (SSSR count). The monoisotopic (exact) mass is 1410 g/mol. The number of aromatic hydroxyl groups is 1. The molecule has 2 unspecified atom stereocenters. The van der Waals surface area contributed by atoms with Gasteiger partial charge in [0.15, 0.2) is 17.4 Å². The molecule has 0 radical (unpaired) electrons. The third-order valence-electron chi connectivity index (χ3n) is 21.7. The molecule has 5 aliphatic rings. The number of piperidine rings is 1. The summed E-state index contributed by atoms with van der Waals surface area (Å²) in [6.07, 6.45) is 4.17. The van der Waals surface area contributed by atoms with Gasteiger partial charge in [-0.15, -0.1) is 5.54 Å². The van der Waals surface area contributed by atoms with Gasteiger partial charge in [-0.2, -0.15) is 15.1 Å². The van der Waals surface area contributed by atoms with Crippen molar-refractivity contribution >= 4 is 59.3 Å². The van der Waals surface area contributed by atoms with E-state index in [1.165, 1.54) is 29.3 Å². The van der Waals surface area contributed by atoms with Gasteiger partial charge in [-0.3, -0.25) is 34.0 Å². The van der Waals surface area contributed by atoms with Crippen LogP contribution in [0.2, 0.25) is 16.6 Å². The summed E-state index contributed by atoms with van der Waals surface area (Å²) in [6.45, 7) is 29.1. The highest BCUT2D eigenvalue weighted by Crippen LogP contribution is 2.44. The lowest BCUT2D eigenvalue weighted by Crippen LogP contribution is -2.57. The first kappa shape index (κ1) is 72.5. The SMILES string of the molecule is CC(C)[C@H](C(=O)N1C[C@H](O)C[C@H]1C(=O)N[C@@H](C)c1ccc(-c2ccnn2C)cc1)c1cc(N2CCN(CC3(F)CCN(CCOc4nc(N5CC6CCC(C5)N6C(=O)OC(C)(C)C)c5cnc(-c6cc(O)cc7ccc(F)c(C#C[Si](C(C)C)(C(C)C)C(C)C)c67)c(F)c5n4)CC3)CC2)no1. The van der Waals surface area contributed by atoms with Crippen molar-refractivity contribution in [2.45, 2.75) is 179 Å². The first-order valence-electron chi connectivity index (χ1n) is 36.0. The van der Waals surface area contributed by atoms with Crippen molar-refractivity contribution in [2.24, 2.45) is 13.0 Å². The van der Waals surface area contributed by atoms with Crippen molar-refractivity contribution in [2.75, 3.05) is 88.4 Å². The second kappa shape index (κ2) is 29.2. The number of aliphatic hydroxyl groups excluding tert-OH is 1. The summed E-state index contributed by atoms with van der Waals surface area (Å²) in [5.74, 6) is 1.39. The number of aromatic nitrogens is 6. The number of alkyl halides is 1. The van der Waals surface area contributed by atoms with Gasteiger partial charge in [-0.1, -0.05) is 96.8 Å². The van der Waals surface area contributed by atoms with Crippen LogP contribution in [0.4, 0.5) is 29.6 Å². The first-order chi connectivity index (χ1) is 48.0. The Bertz CT molecular complexity index is 4210. The number of phenolic OH excluding ortho intramolecular Hbond substituents is 1. The number of rotatable bonds is 19. The molecule has 5 saturated heterocycles. The van der Waals surface area contributed by atoms with Crippen LogP contribution in [0.15, 0.2) is 77.6 Å². The predicted octanol–water partition coefficient (Wildman–Crippen LogP) is 12.0. The average Bonchev–Trinajstić information content (AvgIpc) is 0.929. The number of halogens is 3. The molecule has 3 aromatic carbocycles. The molecule has 5 fully saturated rings. The molecule has 540 valence electrons. The van der Waals surface area contributed by atoms with E-state index in [0.717, 1.165) is 29.7 Å². The third kappa shape index (κ3) is 15.0. The molecule has 9 heterocycles. The molecule has 3 N–H and O–H groups in total. The molecule has 5 aliphatic heterocycles. The molecule has 0 spiro atoms. The number of benzene rings is 3. The molecule has 6 atom stereocenters. The van der Waals surface area contributed by atoms with E-state index in [2.05, 4.69) is 83.3 Å². The average molecular weight is 1410 g/mol. The van der Waals surface area contributed by atoms with Crippen LogP contribution in [0, 0.1) is 29.0 Å². The van der Waals surface area contributed by atoms with Crippen molar-refractivity contribution in [3.63, 3.8) is 0 Å². The topological polar surface area (TPSA) is 224 Å². The second-order valence-corrected chi connectivity index (χ2v) is 36.4. The van der Waals surface area contributed by atoms with Crippen LogP contribution in [-0.2, 0) is 21.4 Å². The predicted molar refractivity (Wildman–Crippen MR) is 386 cm³/mol. The number of phenols is 1. The fraction of sp³-hybridized carbons (Fsp3) is 0.553. The van der Waals surface area contributed by atoms with Gasteiger partial charge in [0.25, 0.3) is 0 Å². The van der Waals surface area contributed by atoms with Crippen LogP contribution < -0.4 is 19.9 Å². The van der Waals surface area contributed by atoms with E-state index in [1.54, 1.807) is 23.0 Å². The summed E-state index contributed by atoms with van der Waals surface area (Å²) >= 11 is 0. The minimum atomic E-state index is -2.38. The Morgan fingerprint density at radius 2 is 1.52 bits per heavy atom. The third-order valence-corrected chi connectivity index (χ3v) is 28.0. The van der Waals surface area contributed by atoms with Gasteiger partial charge < -0.3 is 44.2 Å². The quantitative estimate of drug-likeness (QED) is 0.0505. The van der Waals surface area contributed by atoms with E-state index in [4.69, 9.17) is 28.9 Å². The minimum Gasteiger partial charge on any atom is -0.508 e. The maximum absolute atomic E-state index is 18.0. The van der Waals surface area contributed by atoms with Crippen molar-refractivity contribution in [1.82, 2.24) is 54.8 Å². The van der Waals surface area contributed by atoms with Crippen LogP contribution in [0.3, 0.4) is 0 Å². The molecule has 25 heteroatoms. The van der Waals surface area contributed by atoms with Gasteiger partial charge in [0.2, 0.25) is 11.8 Å². The molecule has 7 aromatic rings. The molecule has 0 aliphatic carbocycles. The Balaban J connectivity index is 0.698. The summed E-state index contributed by atoms with van der Waals surface area (Å²) in [5.41, 5.74) is 5.14. The second-order valence-electron chi connectivity index (χ2n) is 30.9. The molecule has 3 amide bonds. The molecular formula is C76H98F3N13O8Si. The number of pyridine rings is 1. The van der Waals surface area contributed by atoms with Gasteiger partial charge >= 0.3 is 12.1 Å². The molecular weight excluding hydrogens is 1310 g/mol. The number of aryl methyl sites for hydroxylation is 1. The molecule has 4 aromatic heterocycles. The van der Waals surface area contributed by atoms with Crippen LogP contribution in [0.1, 0.15) is 144 Å². The van der Waals surface area contributed by atoms with Crippen LogP contribution in [-0.4, -0.2) is 200 Å². The number of hydrogen-bond acceptors (Lipinski definition) is 17. The van der Waals surface area contributed by atoms with Gasteiger partial charge in [0.1, 0.15) is 66.5 Å². The van der Waals surface area contributed by atoms with E-state index in [-0.39, 0.29) is 119 Å². The Morgan fingerprint density at radius 3 is 2.16 bits per heavy atom. The number of aliphatic hydroxyl groups is 1. The Hall–Kier alpha value is -8.31. The lowest BCUT2D eigenvalue weighted by Gasteiger charge is -2.42. The smallest absolute Gasteiger partial charge is 0.410 e. The van der Waals surface area contributed by atoms with Gasteiger partial charge in [0, 0.05) is 115 Å². The number of β-amino-alcohol motifs (C(OH)–C–C–N with tert-alkyl or cyclic N) is 1. The number of nitrogens with zero attached hydrogens (tertiary/aromatic N) is 12. The number of carbonyl (C=O) groups excluding carboxylic acids is 3. The largest absolute Gasteiger partial charge is 0.508 e. The zero-order chi connectivity index (χ0) is 72.1. The van der Waals surface area contributed by atoms with Crippen molar-refractivity contribution in [3.05, 3.63) is 102 Å². The van der Waals surface area contributed by atoms with Crippen molar-refractivity contribution < 1.29 is 51.8 Å². The number of hydrogen-bond donors (Lipinski definition) is 3. The Kier molecular flexibility index (Phi) is 21.0. The number of amides is 3. The lowest BCUT2D eigenvalue weighted by molar-refractivity contribution is -0.141. The zero-order valence-electron chi connectivity index (χ0n) is 60.6. The summed E-state index contributed by atoms with van der Waals surface area (Å²) in [4.78, 5) is 68.2. The van der Waals surface area contributed by atoms with Crippen molar-refractivity contribution in [3.8, 4) is 45.7 Å². The fourth-order valence-electron chi connectivity index (χ4n) is 16.5. The van der Waals surface area contributed by atoms with Crippen LogP contribution in [0.5, 0.6) is 11.8 Å². The summed E-state index contributed by atoms with van der Waals surface area (Å²) in [5, 5.41) is 34.9. The summed E-state index contributed by atoms with van der Waals surface area (Å²) < 4.78 is 71.3. The Labute approximate surface area is 591 Å². The summed E-state index contributed by atoms with van der Waals surface area (Å²) in [6, 6.07) is 15.6. The first-order valence-corrected chi connectivity index (χ1v) is 38.2. The van der Waals surface area contributed by atoms with Gasteiger partial charge in [-0.05, 0) is 117 Å². The normalized spacial score (nSPS) is 20.6. The Morgan fingerprint density at radius 1 is 0.842 bits per heavy atom. The minimum absolute atomic E-state index is 0.0117. The van der Waals surface area contributed by atoms with Gasteiger partial charge in [0.05, 0.1) is 40.9 Å². The molecule has 0 saturated carbocycles. The number of carbonyl (C=O) groups is 3. The van der Waals surface area contributed by atoms with Crippen LogP contribution >= 0.6 is 0 Å². The number of piperazine rings is 2. The number of nitrogens with one attached hydrogen (secondary N) is 1. The lowest BCUT2D eigenvalue weighted by atomic mass is 9.91. The highest BCUT2D eigenvalue weighted by Gasteiger charge is 2.48. The van der Waals surface area contributed by atoms with E-state index >= 15 is 13.2 Å². The van der Waals surface area contributed by atoms with E-state index < -0.39 is 49.0 Å². The van der Waals surface area contributed by atoms with Crippen LogP contribution in [0.25, 0.3) is 44.2 Å². The number of likely N-dealkylation sites (tertiary alicyclic amines) is 2. The maximum atomic E-state index is 18.0. The zero-order valence-corrected chi connectivity index (χ0v) is 61.6. The van der Waals surface area contributed by atoms with E-state index in [1.807, 2.05) is 88.7 Å². The van der Waals surface area contributed by atoms with E-state index in [0.29, 0.717) is 105 Å². The molecule has 2 bridgehead atoms. The van der Waals surface area contributed by atoms with Crippen molar-refractivity contribution in [1.29, 1.82) is 0 Å².